The van der Waals surface area contributed by atoms with Gasteiger partial charge in [0, 0.05) is 16.1 Å². The van der Waals surface area contributed by atoms with Gasteiger partial charge in [0.15, 0.2) is 6.04 Å². The maximum atomic E-state index is 13.3. The number of carboxylic acid groups (broad SMARTS) is 1. The third-order valence-electron chi connectivity index (χ3n) is 4.94. The summed E-state index contributed by atoms with van der Waals surface area (Å²) in [5, 5.41) is 11.1. The maximum Gasteiger partial charge on any atom is 0.331 e. The molecule has 0 saturated heterocycles. The quantitative estimate of drug-likeness (QED) is 0.419. The molecule has 0 spiro atoms. The molecule has 4 nitrogen and oxygen atoms in total. The summed E-state index contributed by atoms with van der Waals surface area (Å²) in [7, 11) is 0. The first-order valence-electron chi connectivity index (χ1n) is 9.66. The van der Waals surface area contributed by atoms with Gasteiger partial charge in [-0.3, -0.25) is 4.79 Å². The fraction of sp³-hybridized carbons (Fsp3) is 0.120. The van der Waals surface area contributed by atoms with Crippen molar-refractivity contribution < 1.29 is 14.7 Å². The molecular weight excluding hydrogens is 433 g/mol. The molecule has 0 aliphatic heterocycles. The molecular formula is C25H21Cl2NO3. The summed E-state index contributed by atoms with van der Waals surface area (Å²) in [5.41, 5.74) is 2.07. The van der Waals surface area contributed by atoms with Crippen molar-refractivity contribution in [3.63, 3.8) is 0 Å². The average molecular weight is 454 g/mol. The summed E-state index contributed by atoms with van der Waals surface area (Å²) in [4.78, 5) is 27.0. The van der Waals surface area contributed by atoms with Gasteiger partial charge < -0.3 is 10.0 Å². The monoisotopic (exact) mass is 453 g/mol. The van der Waals surface area contributed by atoms with Gasteiger partial charge in [0.25, 0.3) is 0 Å². The van der Waals surface area contributed by atoms with Crippen molar-refractivity contribution in [2.75, 3.05) is 0 Å². The van der Waals surface area contributed by atoms with Crippen molar-refractivity contribution in [2.24, 2.45) is 0 Å². The van der Waals surface area contributed by atoms with E-state index in [2.05, 4.69) is 0 Å². The largest absolute Gasteiger partial charge is 0.479 e. The van der Waals surface area contributed by atoms with Crippen LogP contribution in [0.2, 0.25) is 10.0 Å². The van der Waals surface area contributed by atoms with Crippen molar-refractivity contribution in [2.45, 2.75) is 19.0 Å². The molecule has 1 amide bonds. The van der Waals surface area contributed by atoms with Crippen molar-refractivity contribution in [3.8, 4) is 0 Å². The third-order valence-corrected chi connectivity index (χ3v) is 5.44. The first-order chi connectivity index (χ1) is 14.9. The number of halogens is 2. The van der Waals surface area contributed by atoms with Crippen LogP contribution >= 0.6 is 23.2 Å². The minimum atomic E-state index is -1.20. The zero-order valence-corrected chi connectivity index (χ0v) is 18.3. The Morgan fingerprint density at radius 2 is 1.35 bits per heavy atom. The van der Waals surface area contributed by atoms with Crippen molar-refractivity contribution >= 4 is 41.2 Å². The molecule has 0 radical (unpaired) electrons. The highest BCUT2D eigenvalue weighted by Crippen LogP contribution is 2.32. The van der Waals surface area contributed by atoms with Crippen LogP contribution in [0.4, 0.5) is 0 Å². The molecule has 6 heteroatoms. The Balaban J connectivity index is 2.04. The molecule has 0 saturated carbocycles. The molecule has 0 aromatic heterocycles. The second kappa shape index (κ2) is 10.3. The predicted molar refractivity (Wildman–Crippen MR) is 124 cm³/mol. The Kier molecular flexibility index (Phi) is 7.50. The molecule has 158 valence electrons. The lowest BCUT2D eigenvalue weighted by atomic mass is 9.99. The van der Waals surface area contributed by atoms with Gasteiger partial charge in [-0.15, -0.1) is 0 Å². The van der Waals surface area contributed by atoms with E-state index < -0.39 is 24.0 Å². The molecule has 0 aliphatic rings. The Hall–Kier alpha value is -3.08. The molecule has 0 unspecified atom stereocenters. The summed E-state index contributed by atoms with van der Waals surface area (Å²) in [6, 6.07) is 21.1. The Morgan fingerprint density at radius 3 is 1.87 bits per heavy atom. The van der Waals surface area contributed by atoms with E-state index in [-0.39, 0.29) is 0 Å². The van der Waals surface area contributed by atoms with Crippen LogP contribution in [0.5, 0.6) is 0 Å². The number of rotatable bonds is 7. The second-order valence-corrected chi connectivity index (χ2v) is 7.88. The van der Waals surface area contributed by atoms with E-state index in [4.69, 9.17) is 23.2 Å². The normalized spacial score (nSPS) is 13.0. The van der Waals surface area contributed by atoms with Crippen LogP contribution in [-0.2, 0) is 9.59 Å². The van der Waals surface area contributed by atoms with Crippen molar-refractivity contribution in [3.05, 3.63) is 112 Å². The first kappa shape index (κ1) is 22.6. The van der Waals surface area contributed by atoms with Crippen LogP contribution in [-0.4, -0.2) is 21.9 Å². The molecule has 0 aliphatic carbocycles. The van der Waals surface area contributed by atoms with Gasteiger partial charge in [0.2, 0.25) is 5.91 Å². The number of hydrogen-bond donors (Lipinski definition) is 1. The smallest absolute Gasteiger partial charge is 0.331 e. The lowest BCUT2D eigenvalue weighted by Crippen LogP contribution is -2.40. The van der Waals surface area contributed by atoms with Gasteiger partial charge in [0.1, 0.15) is 0 Å². The van der Waals surface area contributed by atoms with E-state index in [0.717, 1.165) is 11.1 Å². The Morgan fingerprint density at radius 1 is 0.839 bits per heavy atom. The predicted octanol–water partition coefficient (Wildman–Crippen LogP) is 6.42. The van der Waals surface area contributed by atoms with Crippen molar-refractivity contribution in [1.82, 2.24) is 4.90 Å². The number of hydrogen-bond acceptors (Lipinski definition) is 2. The standard InChI is InChI=1S/C25H21Cl2NO3/c1-17(19-8-12-21(26)13-9-19)28(23(29)16-7-18-5-3-2-4-6-18)24(25(30)31)20-10-14-22(27)15-11-20/h2-17,24H,1H3,(H,30,31)/t17-,24-/m1/s1. The van der Waals surface area contributed by atoms with E-state index in [1.165, 1.54) is 11.0 Å². The fourth-order valence-electron chi connectivity index (χ4n) is 3.33. The Labute approximate surface area is 191 Å². The van der Waals surface area contributed by atoms with E-state index in [0.29, 0.717) is 15.6 Å². The number of aliphatic carboxylic acids is 1. The molecule has 0 fully saturated rings. The minimum absolute atomic E-state index is 0.423. The van der Waals surface area contributed by atoms with Crippen LogP contribution in [0.25, 0.3) is 6.08 Å². The highest BCUT2D eigenvalue weighted by Gasteiger charge is 2.34. The first-order valence-corrected chi connectivity index (χ1v) is 10.4. The summed E-state index contributed by atoms with van der Waals surface area (Å²) in [6.45, 7) is 1.79. The van der Waals surface area contributed by atoms with Crippen LogP contribution in [0.1, 0.15) is 35.7 Å². The lowest BCUT2D eigenvalue weighted by molar-refractivity contribution is -0.150. The summed E-state index contributed by atoms with van der Waals surface area (Å²) in [6.07, 6.45) is 3.07. The molecule has 3 aromatic carbocycles. The van der Waals surface area contributed by atoms with Crippen LogP contribution in [0.15, 0.2) is 84.9 Å². The number of carbonyl (C=O) groups is 2. The summed E-state index contributed by atoms with van der Waals surface area (Å²) in [5.74, 6) is -1.56. The molecule has 3 rings (SSSR count). The van der Waals surface area contributed by atoms with Gasteiger partial charge >= 0.3 is 5.97 Å². The topological polar surface area (TPSA) is 57.6 Å². The number of nitrogens with zero attached hydrogens (tertiary/aromatic N) is 1. The summed E-state index contributed by atoms with van der Waals surface area (Å²) >= 11 is 12.0. The molecule has 31 heavy (non-hydrogen) atoms. The second-order valence-electron chi connectivity index (χ2n) is 7.01. The molecule has 1 N–H and O–H groups in total. The fourth-order valence-corrected chi connectivity index (χ4v) is 3.58. The maximum absolute atomic E-state index is 13.3. The SMILES string of the molecule is C[C@H](c1ccc(Cl)cc1)N(C(=O)C=Cc1ccccc1)[C@@H](C(=O)O)c1ccc(Cl)cc1. The van der Waals surface area contributed by atoms with E-state index in [1.807, 2.05) is 30.3 Å². The number of carbonyl (C=O) groups excluding carboxylic acids is 1. The molecule has 2 atom stereocenters. The van der Waals surface area contributed by atoms with Crippen LogP contribution in [0, 0.1) is 0 Å². The Bertz CT molecular complexity index is 1060. The van der Waals surface area contributed by atoms with Gasteiger partial charge in [-0.05, 0) is 54.0 Å². The van der Waals surface area contributed by atoms with Crippen LogP contribution < -0.4 is 0 Å². The van der Waals surface area contributed by atoms with E-state index in [1.54, 1.807) is 61.5 Å². The zero-order valence-electron chi connectivity index (χ0n) is 16.8. The van der Waals surface area contributed by atoms with Gasteiger partial charge in [-0.2, -0.15) is 0 Å². The lowest BCUT2D eigenvalue weighted by Gasteiger charge is -2.34. The molecule has 3 aromatic rings. The van der Waals surface area contributed by atoms with Gasteiger partial charge in [0.05, 0.1) is 6.04 Å². The number of carboxylic acids is 1. The van der Waals surface area contributed by atoms with Gasteiger partial charge in [-0.25, -0.2) is 4.79 Å². The highest BCUT2D eigenvalue weighted by atomic mass is 35.5. The van der Waals surface area contributed by atoms with Crippen LogP contribution in [0.3, 0.4) is 0 Å². The number of amides is 1. The molecule has 0 heterocycles. The zero-order chi connectivity index (χ0) is 22.4. The van der Waals surface area contributed by atoms with Crippen molar-refractivity contribution in [1.29, 1.82) is 0 Å². The third kappa shape index (κ3) is 5.75. The summed E-state index contributed by atoms with van der Waals surface area (Å²) < 4.78 is 0. The number of benzene rings is 3. The van der Waals surface area contributed by atoms with E-state index in [9.17, 15) is 14.7 Å². The minimum Gasteiger partial charge on any atom is -0.479 e. The highest BCUT2D eigenvalue weighted by molar-refractivity contribution is 6.30. The average Bonchev–Trinajstić information content (AvgIpc) is 2.77. The molecule has 0 bridgehead atoms. The van der Waals surface area contributed by atoms with Gasteiger partial charge in [-0.1, -0.05) is 77.8 Å². The van der Waals surface area contributed by atoms with E-state index >= 15 is 0 Å².